The second-order valence-corrected chi connectivity index (χ2v) is 9.38. The molecule has 2 amide bonds. The number of methoxy groups -OCH3 is 3. The van der Waals surface area contributed by atoms with Crippen molar-refractivity contribution in [1.29, 1.82) is 0 Å². The van der Waals surface area contributed by atoms with Crippen LogP contribution in [0.5, 0.6) is 17.2 Å². The van der Waals surface area contributed by atoms with Crippen LogP contribution in [-0.2, 0) is 26.2 Å². The van der Waals surface area contributed by atoms with E-state index in [0.717, 1.165) is 10.6 Å². The third-order valence-electron chi connectivity index (χ3n) is 5.23. The molecule has 0 aliphatic carbocycles. The first-order valence-corrected chi connectivity index (χ1v) is 12.2. The van der Waals surface area contributed by atoms with E-state index in [1.54, 1.807) is 43.3 Å². The van der Waals surface area contributed by atoms with Crippen molar-refractivity contribution in [1.82, 2.24) is 10.2 Å². The highest BCUT2D eigenvalue weighted by Crippen LogP contribution is 2.34. The van der Waals surface area contributed by atoms with Crippen molar-refractivity contribution in [2.24, 2.45) is 0 Å². The van der Waals surface area contributed by atoms with Crippen LogP contribution in [0, 0.1) is 0 Å². The molecule has 10 nitrogen and oxygen atoms in total. The lowest BCUT2D eigenvalue weighted by Crippen LogP contribution is -2.50. The van der Waals surface area contributed by atoms with Crippen LogP contribution in [0.4, 0.5) is 5.69 Å². The van der Waals surface area contributed by atoms with Gasteiger partial charge in [-0.05, 0) is 36.8 Å². The molecule has 0 saturated carbocycles. The minimum atomic E-state index is -3.91. The largest absolute Gasteiger partial charge is 0.497 e. The van der Waals surface area contributed by atoms with E-state index in [4.69, 9.17) is 14.2 Å². The maximum atomic E-state index is 13.5. The Labute approximate surface area is 200 Å². The quantitative estimate of drug-likeness (QED) is 0.506. The van der Waals surface area contributed by atoms with Crippen molar-refractivity contribution in [2.75, 3.05) is 45.5 Å². The Morgan fingerprint density at radius 2 is 1.65 bits per heavy atom. The Balaban J connectivity index is 2.48. The van der Waals surface area contributed by atoms with Gasteiger partial charge in [-0.15, -0.1) is 0 Å². The Kier molecular flexibility index (Phi) is 9.13. The summed E-state index contributed by atoms with van der Waals surface area (Å²) in [5.74, 6) is 0.272. The number of carbonyl (C=O) groups excluding carboxylic acids is 2. The molecule has 0 aliphatic rings. The van der Waals surface area contributed by atoms with Gasteiger partial charge >= 0.3 is 0 Å². The number of nitrogens with zero attached hydrogens (tertiary/aromatic N) is 2. The summed E-state index contributed by atoms with van der Waals surface area (Å²) >= 11 is 0. The summed E-state index contributed by atoms with van der Waals surface area (Å²) < 4.78 is 42.2. The molecule has 186 valence electrons. The summed E-state index contributed by atoms with van der Waals surface area (Å²) in [5, 5.41) is 2.53. The van der Waals surface area contributed by atoms with Crippen molar-refractivity contribution in [3.63, 3.8) is 0 Å². The van der Waals surface area contributed by atoms with E-state index in [2.05, 4.69) is 5.32 Å². The summed E-state index contributed by atoms with van der Waals surface area (Å²) in [6.07, 6.45) is 0.994. The molecule has 0 bridgehead atoms. The molecule has 0 aromatic heterocycles. The first-order valence-electron chi connectivity index (χ1n) is 10.4. The lowest BCUT2D eigenvalue weighted by molar-refractivity contribution is -0.139. The molecular formula is C23H31N3O7S. The van der Waals surface area contributed by atoms with Gasteiger partial charge in [-0.3, -0.25) is 13.9 Å². The fourth-order valence-electron chi connectivity index (χ4n) is 3.35. The molecule has 0 fully saturated rings. The molecule has 11 heteroatoms. The second kappa shape index (κ2) is 11.6. The summed E-state index contributed by atoms with van der Waals surface area (Å²) in [4.78, 5) is 27.2. The van der Waals surface area contributed by atoms with Gasteiger partial charge in [-0.25, -0.2) is 8.42 Å². The summed E-state index contributed by atoms with van der Waals surface area (Å²) in [6.45, 7) is 1.10. The minimum absolute atomic E-state index is 0.0669. The zero-order chi connectivity index (χ0) is 25.5. The number of sulfonamides is 1. The van der Waals surface area contributed by atoms with Crippen molar-refractivity contribution in [3.8, 4) is 17.2 Å². The maximum Gasteiger partial charge on any atom is 0.244 e. The van der Waals surface area contributed by atoms with E-state index in [9.17, 15) is 18.0 Å². The number of likely N-dealkylation sites (N-methyl/N-ethyl adjacent to an activating group) is 1. The number of rotatable bonds is 11. The number of anilines is 1. The van der Waals surface area contributed by atoms with Gasteiger partial charge in [0, 0.05) is 19.7 Å². The van der Waals surface area contributed by atoms with E-state index >= 15 is 0 Å². The molecule has 1 N–H and O–H groups in total. The van der Waals surface area contributed by atoms with Gasteiger partial charge in [-0.1, -0.05) is 12.1 Å². The van der Waals surface area contributed by atoms with Crippen molar-refractivity contribution < 1.29 is 32.2 Å². The Morgan fingerprint density at radius 3 is 2.21 bits per heavy atom. The van der Waals surface area contributed by atoms with Gasteiger partial charge in [0.15, 0.2) is 0 Å². The van der Waals surface area contributed by atoms with E-state index in [0.29, 0.717) is 17.1 Å². The monoisotopic (exact) mass is 493 g/mol. The third-order valence-corrected chi connectivity index (χ3v) is 6.36. The van der Waals surface area contributed by atoms with Crippen LogP contribution in [-0.4, -0.2) is 72.4 Å². The molecule has 0 aliphatic heterocycles. The maximum absolute atomic E-state index is 13.5. The lowest BCUT2D eigenvalue weighted by Gasteiger charge is -2.31. The van der Waals surface area contributed by atoms with Crippen LogP contribution in [0.1, 0.15) is 12.5 Å². The topological polar surface area (TPSA) is 114 Å². The van der Waals surface area contributed by atoms with Crippen LogP contribution < -0.4 is 23.8 Å². The zero-order valence-electron chi connectivity index (χ0n) is 20.2. The Bertz CT molecular complexity index is 1120. The van der Waals surface area contributed by atoms with Crippen molar-refractivity contribution >= 4 is 27.5 Å². The van der Waals surface area contributed by atoms with Crippen LogP contribution in [0.15, 0.2) is 42.5 Å². The smallest absolute Gasteiger partial charge is 0.244 e. The molecule has 1 atom stereocenters. The predicted molar refractivity (Wildman–Crippen MR) is 129 cm³/mol. The van der Waals surface area contributed by atoms with E-state index in [1.807, 2.05) is 0 Å². The molecule has 2 rings (SSSR count). The first kappa shape index (κ1) is 26.8. The Morgan fingerprint density at radius 1 is 1.00 bits per heavy atom. The van der Waals surface area contributed by atoms with Crippen molar-refractivity contribution in [2.45, 2.75) is 19.5 Å². The molecule has 34 heavy (non-hydrogen) atoms. The van der Waals surface area contributed by atoms with Crippen LogP contribution in [0.3, 0.4) is 0 Å². The average molecular weight is 494 g/mol. The van der Waals surface area contributed by atoms with Gasteiger partial charge in [0.05, 0.1) is 33.3 Å². The van der Waals surface area contributed by atoms with Crippen molar-refractivity contribution in [3.05, 3.63) is 48.0 Å². The fraction of sp³-hybridized carbons (Fsp3) is 0.391. The van der Waals surface area contributed by atoms with Gasteiger partial charge < -0.3 is 24.4 Å². The lowest BCUT2D eigenvalue weighted by atomic mass is 10.1. The fourth-order valence-corrected chi connectivity index (χ4v) is 4.19. The highest BCUT2D eigenvalue weighted by molar-refractivity contribution is 7.92. The number of carbonyl (C=O) groups is 2. The van der Waals surface area contributed by atoms with E-state index in [-0.39, 0.29) is 23.9 Å². The van der Waals surface area contributed by atoms with Crippen LogP contribution in [0.25, 0.3) is 0 Å². The van der Waals surface area contributed by atoms with E-state index in [1.165, 1.54) is 39.3 Å². The SMILES string of the molecule is CNC(=O)[C@H](C)N(Cc1cccc(OC)c1)C(=O)CN(c1cc(OC)ccc1OC)S(C)(=O)=O. The summed E-state index contributed by atoms with van der Waals surface area (Å²) in [7, 11) is 1.93. The van der Waals surface area contributed by atoms with E-state index < -0.39 is 28.5 Å². The first-order chi connectivity index (χ1) is 16.0. The van der Waals surface area contributed by atoms with Gasteiger partial charge in [0.25, 0.3) is 0 Å². The molecule has 2 aromatic carbocycles. The zero-order valence-corrected chi connectivity index (χ0v) is 21.0. The molecule has 0 unspecified atom stereocenters. The predicted octanol–water partition coefficient (Wildman–Crippen LogP) is 1.64. The summed E-state index contributed by atoms with van der Waals surface area (Å²) in [5.41, 5.74) is 0.861. The molecule has 0 radical (unpaired) electrons. The third kappa shape index (κ3) is 6.53. The Hall–Kier alpha value is -3.47. The van der Waals surface area contributed by atoms with Gasteiger partial charge in [0.1, 0.15) is 29.8 Å². The number of benzene rings is 2. The standard InChI is InChI=1S/C23H31N3O7S/c1-16(23(28)24-2)25(14-17-8-7-9-18(12-17)31-3)22(27)15-26(34(6,29)30)20-13-19(32-4)10-11-21(20)33-5/h7-13,16H,14-15H2,1-6H3,(H,24,28)/t16-/m0/s1. The number of hydrogen-bond acceptors (Lipinski definition) is 7. The van der Waals surface area contributed by atoms with Gasteiger partial charge in [-0.2, -0.15) is 0 Å². The molecule has 0 heterocycles. The van der Waals surface area contributed by atoms with Crippen LogP contribution >= 0.6 is 0 Å². The second-order valence-electron chi connectivity index (χ2n) is 7.47. The average Bonchev–Trinajstić information content (AvgIpc) is 2.83. The molecule has 2 aromatic rings. The highest BCUT2D eigenvalue weighted by Gasteiger charge is 2.31. The number of ether oxygens (including phenoxy) is 3. The minimum Gasteiger partial charge on any atom is -0.497 e. The molecule has 0 saturated heterocycles. The number of hydrogen-bond donors (Lipinski definition) is 1. The van der Waals surface area contributed by atoms with Crippen LogP contribution in [0.2, 0.25) is 0 Å². The number of nitrogens with one attached hydrogen (secondary N) is 1. The normalized spacial score (nSPS) is 11.8. The highest BCUT2D eigenvalue weighted by atomic mass is 32.2. The summed E-state index contributed by atoms with van der Waals surface area (Å²) in [6, 6.07) is 10.9. The van der Waals surface area contributed by atoms with Gasteiger partial charge in [0.2, 0.25) is 21.8 Å². The number of amides is 2. The molecular weight excluding hydrogens is 462 g/mol. The molecule has 0 spiro atoms.